The van der Waals surface area contributed by atoms with Gasteiger partial charge in [0, 0.05) is 66.2 Å². The van der Waals surface area contributed by atoms with Gasteiger partial charge in [-0.1, -0.05) is 68.5 Å². The van der Waals surface area contributed by atoms with Gasteiger partial charge >= 0.3 is 0 Å². The predicted molar refractivity (Wildman–Crippen MR) is 215 cm³/mol. The van der Waals surface area contributed by atoms with Crippen LogP contribution in [0.3, 0.4) is 0 Å². The van der Waals surface area contributed by atoms with Crippen LogP contribution in [0.5, 0.6) is 0 Å². The molecule has 5 atom stereocenters. The Hall–Kier alpha value is -4.20. The molecule has 3 aliphatic heterocycles. The zero-order chi connectivity index (χ0) is 39.3. The van der Waals surface area contributed by atoms with Gasteiger partial charge in [-0.15, -0.1) is 0 Å². The minimum absolute atomic E-state index is 0.0154. The van der Waals surface area contributed by atoms with Crippen molar-refractivity contribution in [1.82, 2.24) is 5.32 Å². The average Bonchev–Trinajstić information content (AvgIpc) is 3.51. The Labute approximate surface area is 324 Å². The number of hydrogen-bond acceptors (Lipinski definition) is 9. The maximum Gasteiger partial charge on any atom is 0.224 e. The smallest absolute Gasteiger partial charge is 0.224 e. The number of nitrogens with one attached hydrogen (secondary N) is 2. The van der Waals surface area contributed by atoms with E-state index in [1.807, 2.05) is 24.3 Å². The molecule has 55 heavy (non-hydrogen) atoms. The lowest BCUT2D eigenvalue weighted by Crippen LogP contribution is -2.59. The SMILES string of the molecule is C[N+]1=C(C=CC=C2N(CCCCC(=O)Nc3ccc(CNCCOC4OC(CO)C(O)C(O)C4O)cc3)c3ccccc3C2(C)C)C(C)(C)c2ccccc21. The highest BCUT2D eigenvalue weighted by molar-refractivity contribution is 6.03. The van der Waals surface area contributed by atoms with Crippen LogP contribution in [0.2, 0.25) is 0 Å². The van der Waals surface area contributed by atoms with E-state index in [0.717, 1.165) is 30.6 Å². The summed E-state index contributed by atoms with van der Waals surface area (Å²) < 4.78 is 13.2. The van der Waals surface area contributed by atoms with Crippen molar-refractivity contribution in [1.29, 1.82) is 0 Å². The number of allylic oxidation sites excluding steroid dienone is 4. The number of nitrogens with zero attached hydrogens (tertiary/aromatic N) is 2. The average molecular weight is 754 g/mol. The Bertz CT molecular complexity index is 1900. The fourth-order valence-corrected chi connectivity index (χ4v) is 8.08. The molecule has 1 saturated heterocycles. The van der Waals surface area contributed by atoms with Gasteiger partial charge in [0.15, 0.2) is 12.0 Å². The van der Waals surface area contributed by atoms with Crippen LogP contribution < -0.4 is 15.5 Å². The van der Waals surface area contributed by atoms with Crippen LogP contribution >= 0.6 is 0 Å². The highest BCUT2D eigenvalue weighted by Crippen LogP contribution is 2.48. The second-order valence-corrected chi connectivity index (χ2v) is 15.7. The Morgan fingerprint density at radius 3 is 2.35 bits per heavy atom. The zero-order valence-corrected chi connectivity index (χ0v) is 32.6. The molecule has 294 valence electrons. The Morgan fingerprint density at radius 1 is 0.909 bits per heavy atom. The van der Waals surface area contributed by atoms with Crippen LogP contribution in [-0.2, 0) is 31.6 Å². The zero-order valence-electron chi connectivity index (χ0n) is 32.6. The monoisotopic (exact) mass is 753 g/mol. The summed E-state index contributed by atoms with van der Waals surface area (Å²) in [5, 5.41) is 45.5. The number of benzene rings is 3. The Kier molecular flexibility index (Phi) is 12.7. The summed E-state index contributed by atoms with van der Waals surface area (Å²) in [4.78, 5) is 15.3. The first-order chi connectivity index (χ1) is 26.3. The lowest BCUT2D eigenvalue weighted by molar-refractivity contribution is -0.401. The molecule has 6 N–H and O–H groups in total. The van der Waals surface area contributed by atoms with Gasteiger partial charge in [0.05, 0.1) is 18.6 Å². The summed E-state index contributed by atoms with van der Waals surface area (Å²) in [6.07, 6.45) is 2.31. The number of unbranched alkanes of at least 4 members (excludes halogenated alkanes) is 1. The fraction of sp³-hybridized carbons (Fsp3) is 0.455. The van der Waals surface area contributed by atoms with E-state index in [4.69, 9.17) is 9.47 Å². The first-order valence-corrected chi connectivity index (χ1v) is 19.3. The van der Waals surface area contributed by atoms with E-state index in [1.165, 1.54) is 33.9 Å². The van der Waals surface area contributed by atoms with E-state index in [9.17, 15) is 25.2 Å². The van der Waals surface area contributed by atoms with Gasteiger partial charge in [0.25, 0.3) is 0 Å². The molecule has 3 aromatic rings. The Balaban J connectivity index is 0.966. The summed E-state index contributed by atoms with van der Waals surface area (Å²) in [5.74, 6) is -0.0154. The summed E-state index contributed by atoms with van der Waals surface area (Å²) in [5.41, 5.74) is 9.15. The van der Waals surface area contributed by atoms with Crippen LogP contribution in [0.25, 0.3) is 0 Å². The summed E-state index contributed by atoms with van der Waals surface area (Å²) in [6.45, 7) is 10.6. The second-order valence-electron chi connectivity index (χ2n) is 15.7. The van der Waals surface area contributed by atoms with E-state index in [0.29, 0.717) is 19.5 Å². The number of fused-ring (bicyclic) bond motifs is 2. The van der Waals surface area contributed by atoms with Gasteiger partial charge in [-0.2, -0.15) is 4.58 Å². The topological polar surface area (TPSA) is 147 Å². The molecule has 0 aliphatic carbocycles. The van der Waals surface area contributed by atoms with Crippen molar-refractivity contribution in [2.24, 2.45) is 0 Å². The van der Waals surface area contributed by atoms with Gasteiger partial charge in [-0.3, -0.25) is 4.79 Å². The van der Waals surface area contributed by atoms with Crippen molar-refractivity contribution in [2.45, 2.75) is 95.0 Å². The lowest BCUT2D eigenvalue weighted by Gasteiger charge is -2.39. The maximum absolute atomic E-state index is 12.9. The van der Waals surface area contributed by atoms with Gasteiger partial charge in [0.2, 0.25) is 11.6 Å². The Morgan fingerprint density at radius 2 is 1.62 bits per heavy atom. The number of carbonyl (C=O) groups excluding carboxylic acids is 1. The van der Waals surface area contributed by atoms with Crippen molar-refractivity contribution in [3.05, 3.63) is 113 Å². The van der Waals surface area contributed by atoms with E-state index in [-0.39, 0.29) is 23.3 Å². The number of aliphatic hydroxyl groups excluding tert-OH is 4. The van der Waals surface area contributed by atoms with Crippen molar-refractivity contribution < 1.29 is 39.3 Å². The highest BCUT2D eigenvalue weighted by Gasteiger charge is 2.45. The van der Waals surface area contributed by atoms with Gasteiger partial charge < -0.3 is 45.4 Å². The molecule has 5 unspecified atom stereocenters. The van der Waals surface area contributed by atoms with E-state index < -0.39 is 37.3 Å². The predicted octanol–water partition coefficient (Wildman–Crippen LogP) is 4.65. The molecule has 3 aromatic carbocycles. The quantitative estimate of drug-likeness (QED) is 0.0966. The van der Waals surface area contributed by atoms with Crippen LogP contribution in [0, 0.1) is 0 Å². The van der Waals surface area contributed by atoms with Crippen LogP contribution in [0.15, 0.2) is 96.7 Å². The number of ether oxygens (including phenoxy) is 2. The van der Waals surface area contributed by atoms with Crippen LogP contribution in [0.4, 0.5) is 17.1 Å². The molecule has 1 fully saturated rings. The van der Waals surface area contributed by atoms with Crippen molar-refractivity contribution >= 4 is 28.7 Å². The van der Waals surface area contributed by atoms with Crippen molar-refractivity contribution in [3.63, 3.8) is 0 Å². The normalized spacial score (nSPS) is 24.8. The molecule has 0 spiro atoms. The number of anilines is 2. The van der Waals surface area contributed by atoms with E-state index >= 15 is 0 Å². The maximum atomic E-state index is 12.9. The second kappa shape index (κ2) is 17.3. The molecule has 0 bridgehead atoms. The first-order valence-electron chi connectivity index (χ1n) is 19.3. The van der Waals surface area contributed by atoms with E-state index in [2.05, 4.69) is 122 Å². The third kappa shape index (κ3) is 8.63. The number of rotatable bonds is 15. The van der Waals surface area contributed by atoms with Crippen LogP contribution in [-0.4, -0.2) is 101 Å². The minimum Gasteiger partial charge on any atom is -0.394 e. The summed E-state index contributed by atoms with van der Waals surface area (Å²) in [6, 6.07) is 24.9. The largest absolute Gasteiger partial charge is 0.394 e. The van der Waals surface area contributed by atoms with Crippen molar-refractivity contribution in [3.8, 4) is 0 Å². The molecular weight excluding hydrogens is 697 g/mol. The molecule has 3 aliphatic rings. The number of aliphatic hydroxyl groups is 4. The van der Waals surface area contributed by atoms with Gasteiger partial charge in [0.1, 0.15) is 31.5 Å². The first kappa shape index (κ1) is 40.5. The number of amides is 1. The standard InChI is InChI=1S/C44H56N4O7/c1-43(2)31-13-6-8-15-33(31)47(5)36(43)17-12-18-37-44(3,4)32-14-7-9-16-34(32)48(37)25-11-10-19-38(50)46-30-22-20-29(21-23-30)27-45-24-26-54-42-41(53)40(52)39(51)35(28-49)55-42/h6-9,12-18,20-23,35,39-42,45,49,51-53H,10-11,19,24-28H2,1-5H3/p+1. The molecule has 1 amide bonds. The molecule has 0 saturated carbocycles. The lowest BCUT2D eigenvalue weighted by atomic mass is 9.81. The molecule has 3 heterocycles. The van der Waals surface area contributed by atoms with E-state index in [1.54, 1.807) is 0 Å². The minimum atomic E-state index is -1.47. The molecule has 11 nitrogen and oxygen atoms in total. The molecular formula is C44H57N4O7+. The molecule has 6 rings (SSSR count). The van der Waals surface area contributed by atoms with Crippen LogP contribution in [0.1, 0.15) is 63.6 Å². The molecule has 0 aromatic heterocycles. The number of carbonyl (C=O) groups is 1. The third-order valence-corrected chi connectivity index (χ3v) is 11.3. The van der Waals surface area contributed by atoms with Gasteiger partial charge in [-0.25, -0.2) is 0 Å². The third-order valence-electron chi connectivity index (χ3n) is 11.3. The molecule has 11 heteroatoms. The molecule has 0 radical (unpaired) electrons. The highest BCUT2D eigenvalue weighted by atomic mass is 16.7. The fourth-order valence-electron chi connectivity index (χ4n) is 8.08. The summed E-state index contributed by atoms with van der Waals surface area (Å²) in [7, 11) is 2.14. The number of para-hydroxylation sites is 2. The number of hydrogen-bond donors (Lipinski definition) is 6. The van der Waals surface area contributed by atoms with Gasteiger partial charge in [-0.05, 0) is 62.1 Å². The van der Waals surface area contributed by atoms with Crippen molar-refractivity contribution in [2.75, 3.05) is 43.6 Å². The summed E-state index contributed by atoms with van der Waals surface area (Å²) >= 11 is 0.